The lowest BCUT2D eigenvalue weighted by Crippen LogP contribution is -2.18. The normalized spacial score (nSPS) is 11.1. The summed E-state index contributed by atoms with van der Waals surface area (Å²) in [6.45, 7) is 0.515. The average molecular weight is 315 g/mol. The molecule has 0 aromatic heterocycles. The van der Waals surface area contributed by atoms with E-state index in [1.54, 1.807) is 19.2 Å². The smallest absolute Gasteiger partial charge is 0.305 e. The Labute approximate surface area is 125 Å². The molecule has 0 amide bonds. The fourth-order valence-corrected chi connectivity index (χ4v) is 2.94. The molecule has 0 aliphatic carbocycles. The number of rotatable bonds is 9. The molecule has 0 atom stereocenters. The third-order valence-electron chi connectivity index (χ3n) is 2.88. The molecule has 0 spiro atoms. The zero-order valence-electron chi connectivity index (χ0n) is 12.3. The van der Waals surface area contributed by atoms with Gasteiger partial charge in [-0.3, -0.25) is 9.52 Å². The van der Waals surface area contributed by atoms with E-state index in [0.29, 0.717) is 18.7 Å². The summed E-state index contributed by atoms with van der Waals surface area (Å²) in [5.41, 5.74) is 1.42. The Balaban J connectivity index is 2.64. The molecule has 0 aliphatic heterocycles. The van der Waals surface area contributed by atoms with Crippen molar-refractivity contribution in [2.24, 2.45) is 0 Å². The van der Waals surface area contributed by atoms with Crippen molar-refractivity contribution in [2.75, 3.05) is 31.3 Å². The van der Waals surface area contributed by atoms with Gasteiger partial charge in [0.15, 0.2) is 0 Å². The lowest BCUT2D eigenvalue weighted by Gasteiger charge is -2.12. The number of esters is 1. The van der Waals surface area contributed by atoms with Crippen LogP contribution >= 0.6 is 0 Å². The highest BCUT2D eigenvalue weighted by Crippen LogP contribution is 2.17. The van der Waals surface area contributed by atoms with Crippen LogP contribution in [0.15, 0.2) is 24.3 Å². The lowest BCUT2D eigenvalue weighted by molar-refractivity contribution is -0.140. The van der Waals surface area contributed by atoms with E-state index in [0.717, 1.165) is 5.56 Å². The topological polar surface area (TPSA) is 81.7 Å². The first kappa shape index (κ1) is 17.5. The summed E-state index contributed by atoms with van der Waals surface area (Å²) >= 11 is 0. The Morgan fingerprint density at radius 3 is 2.62 bits per heavy atom. The summed E-state index contributed by atoms with van der Waals surface area (Å²) in [6.07, 6.45) is 0.933. The minimum atomic E-state index is -3.48. The Hall–Kier alpha value is -1.60. The maximum atomic E-state index is 12.0. The monoisotopic (exact) mass is 315 g/mol. The molecule has 0 unspecified atom stereocenters. The number of carbonyl (C=O) groups excluding carboxylic acids is 1. The van der Waals surface area contributed by atoms with Gasteiger partial charge in [0, 0.05) is 13.5 Å². The van der Waals surface area contributed by atoms with Gasteiger partial charge < -0.3 is 9.47 Å². The van der Waals surface area contributed by atoms with Gasteiger partial charge in [0.25, 0.3) is 0 Å². The maximum Gasteiger partial charge on any atom is 0.305 e. The molecular formula is C14H21NO5S. The second-order valence-corrected chi connectivity index (χ2v) is 6.34. The van der Waals surface area contributed by atoms with Crippen LogP contribution in [0, 0.1) is 0 Å². The Bertz CT molecular complexity index is 556. The molecule has 0 radical (unpaired) electrons. The molecule has 1 aromatic carbocycles. The molecule has 118 valence electrons. The van der Waals surface area contributed by atoms with E-state index in [9.17, 15) is 13.2 Å². The van der Waals surface area contributed by atoms with Crippen molar-refractivity contribution < 1.29 is 22.7 Å². The summed E-state index contributed by atoms with van der Waals surface area (Å²) in [5, 5.41) is 0. The van der Waals surface area contributed by atoms with E-state index in [1.807, 2.05) is 12.1 Å². The van der Waals surface area contributed by atoms with Crippen molar-refractivity contribution in [3.05, 3.63) is 29.8 Å². The number of sulfonamides is 1. The van der Waals surface area contributed by atoms with E-state index in [1.165, 1.54) is 7.11 Å². The first-order valence-electron chi connectivity index (χ1n) is 6.62. The van der Waals surface area contributed by atoms with Gasteiger partial charge in [-0.25, -0.2) is 8.42 Å². The molecule has 1 rings (SSSR count). The third kappa shape index (κ3) is 6.59. The summed E-state index contributed by atoms with van der Waals surface area (Å²) in [6, 6.07) is 7.18. The zero-order valence-corrected chi connectivity index (χ0v) is 13.1. The minimum absolute atomic E-state index is 0.0860. The van der Waals surface area contributed by atoms with Crippen molar-refractivity contribution in [3.8, 4) is 0 Å². The largest absolute Gasteiger partial charge is 0.469 e. The molecule has 0 saturated carbocycles. The van der Waals surface area contributed by atoms with Gasteiger partial charge in [0.2, 0.25) is 10.0 Å². The summed E-state index contributed by atoms with van der Waals surface area (Å²) in [5.74, 6) is -0.536. The van der Waals surface area contributed by atoms with Crippen LogP contribution in [0.25, 0.3) is 0 Å². The first-order chi connectivity index (χ1) is 9.98. The second-order valence-electron chi connectivity index (χ2n) is 4.50. The highest BCUT2D eigenvalue weighted by molar-refractivity contribution is 7.92. The van der Waals surface area contributed by atoms with Gasteiger partial charge in [-0.05, 0) is 24.5 Å². The van der Waals surface area contributed by atoms with Gasteiger partial charge in [-0.1, -0.05) is 18.2 Å². The van der Waals surface area contributed by atoms with E-state index in [2.05, 4.69) is 9.46 Å². The minimum Gasteiger partial charge on any atom is -0.469 e. The van der Waals surface area contributed by atoms with Crippen LogP contribution in [0.1, 0.15) is 18.4 Å². The highest BCUT2D eigenvalue weighted by atomic mass is 32.2. The molecular weight excluding hydrogens is 294 g/mol. The number of hydrogen-bond donors (Lipinski definition) is 1. The molecule has 0 aliphatic rings. The van der Waals surface area contributed by atoms with Gasteiger partial charge in [0.1, 0.15) is 0 Å². The van der Waals surface area contributed by atoms with Crippen molar-refractivity contribution in [2.45, 2.75) is 19.3 Å². The summed E-state index contributed by atoms with van der Waals surface area (Å²) < 4.78 is 36.0. The Morgan fingerprint density at radius 1 is 1.24 bits per heavy atom. The SMILES string of the molecule is COCCc1ccccc1NS(=O)(=O)CCCC(=O)OC. The first-order valence-corrected chi connectivity index (χ1v) is 8.28. The number of nitrogens with one attached hydrogen (secondary N) is 1. The Kier molecular flexibility index (Phi) is 7.18. The highest BCUT2D eigenvalue weighted by Gasteiger charge is 2.13. The van der Waals surface area contributed by atoms with Crippen LogP contribution in [0.3, 0.4) is 0 Å². The zero-order chi connectivity index (χ0) is 15.7. The second kappa shape index (κ2) is 8.63. The van der Waals surface area contributed by atoms with Crippen LogP contribution < -0.4 is 4.72 Å². The summed E-state index contributed by atoms with van der Waals surface area (Å²) in [4.78, 5) is 11.0. The van der Waals surface area contributed by atoms with Crippen molar-refractivity contribution >= 4 is 21.7 Å². The van der Waals surface area contributed by atoms with E-state index >= 15 is 0 Å². The Morgan fingerprint density at radius 2 is 1.95 bits per heavy atom. The van der Waals surface area contributed by atoms with Gasteiger partial charge in [0.05, 0.1) is 25.2 Å². The van der Waals surface area contributed by atoms with Gasteiger partial charge in [-0.15, -0.1) is 0 Å². The average Bonchev–Trinajstić information content (AvgIpc) is 2.45. The lowest BCUT2D eigenvalue weighted by atomic mass is 10.1. The third-order valence-corrected chi connectivity index (χ3v) is 4.24. The van der Waals surface area contributed by atoms with E-state index in [4.69, 9.17) is 4.74 Å². The molecule has 0 saturated heterocycles. The molecule has 0 heterocycles. The quantitative estimate of drug-likeness (QED) is 0.700. The molecule has 0 bridgehead atoms. The molecule has 0 fully saturated rings. The van der Waals surface area contributed by atoms with Gasteiger partial charge in [-0.2, -0.15) is 0 Å². The predicted octanol–water partition coefficient (Wildman–Crippen LogP) is 1.57. The van der Waals surface area contributed by atoms with Crippen LogP contribution in [0.4, 0.5) is 5.69 Å². The van der Waals surface area contributed by atoms with Crippen LogP contribution in [-0.2, 0) is 30.7 Å². The number of methoxy groups -OCH3 is 2. The number of benzene rings is 1. The fraction of sp³-hybridized carbons (Fsp3) is 0.500. The molecule has 7 heteroatoms. The van der Waals surface area contributed by atoms with Crippen LogP contribution in [-0.4, -0.2) is 41.0 Å². The van der Waals surface area contributed by atoms with E-state index in [-0.39, 0.29) is 18.6 Å². The number of para-hydroxylation sites is 1. The molecule has 1 aromatic rings. The number of ether oxygens (including phenoxy) is 2. The number of carbonyl (C=O) groups is 1. The van der Waals surface area contributed by atoms with E-state index < -0.39 is 16.0 Å². The molecule has 21 heavy (non-hydrogen) atoms. The molecule has 1 N–H and O–H groups in total. The van der Waals surface area contributed by atoms with Crippen molar-refractivity contribution in [3.63, 3.8) is 0 Å². The summed E-state index contributed by atoms with van der Waals surface area (Å²) in [7, 11) is -0.609. The number of anilines is 1. The number of hydrogen-bond acceptors (Lipinski definition) is 5. The maximum absolute atomic E-state index is 12.0. The fourth-order valence-electron chi connectivity index (χ4n) is 1.78. The standard InChI is InChI=1S/C14H21NO5S/c1-19-10-9-12-6-3-4-7-13(12)15-21(17,18)11-5-8-14(16)20-2/h3-4,6-7,15H,5,8-11H2,1-2H3. The van der Waals surface area contributed by atoms with Crippen LogP contribution in [0.5, 0.6) is 0 Å². The van der Waals surface area contributed by atoms with Crippen molar-refractivity contribution in [1.82, 2.24) is 0 Å². The van der Waals surface area contributed by atoms with Crippen LogP contribution in [0.2, 0.25) is 0 Å². The predicted molar refractivity (Wildman–Crippen MR) is 80.7 cm³/mol. The van der Waals surface area contributed by atoms with Crippen molar-refractivity contribution in [1.29, 1.82) is 0 Å². The van der Waals surface area contributed by atoms with Gasteiger partial charge >= 0.3 is 5.97 Å². The molecule has 6 nitrogen and oxygen atoms in total.